The Balaban J connectivity index is 2.31. The molecule has 0 spiro atoms. The molecule has 34 heavy (non-hydrogen) atoms. The highest BCUT2D eigenvalue weighted by atomic mass is 35.5. The molecule has 0 aliphatic rings. The Kier molecular flexibility index (Phi) is 9.14. The van der Waals surface area contributed by atoms with Gasteiger partial charge in [0.2, 0.25) is 5.91 Å². The molecule has 0 aromatic heterocycles. The van der Waals surface area contributed by atoms with Crippen LogP contribution in [0.3, 0.4) is 0 Å². The van der Waals surface area contributed by atoms with Gasteiger partial charge in [-0.1, -0.05) is 23.7 Å². The summed E-state index contributed by atoms with van der Waals surface area (Å²) in [5.74, 6) is -2.72. The van der Waals surface area contributed by atoms with Gasteiger partial charge in [0.25, 0.3) is 0 Å². The number of carbonyl (C=O) groups excluding carboxylic acids is 4. The molecule has 0 radical (unpaired) electrons. The van der Waals surface area contributed by atoms with Crippen molar-refractivity contribution in [3.8, 4) is 0 Å². The van der Waals surface area contributed by atoms with E-state index >= 15 is 0 Å². The van der Waals surface area contributed by atoms with Crippen molar-refractivity contribution in [2.45, 2.75) is 45.3 Å². The van der Waals surface area contributed by atoms with Crippen LogP contribution in [-0.4, -0.2) is 42.5 Å². The molecule has 10 heteroatoms. The highest BCUT2D eigenvalue weighted by molar-refractivity contribution is 6.31. The topological polar surface area (TPSA) is 111 Å². The van der Waals surface area contributed by atoms with E-state index in [9.17, 15) is 23.6 Å². The number of hydrogen-bond acceptors (Lipinski definition) is 6. The minimum absolute atomic E-state index is 0.0464. The Morgan fingerprint density at radius 2 is 1.74 bits per heavy atom. The van der Waals surface area contributed by atoms with Gasteiger partial charge in [-0.25, -0.2) is 9.18 Å². The van der Waals surface area contributed by atoms with Crippen LogP contribution in [0.25, 0.3) is 0 Å². The van der Waals surface area contributed by atoms with Crippen molar-refractivity contribution in [3.63, 3.8) is 0 Å². The van der Waals surface area contributed by atoms with Gasteiger partial charge in [-0.3, -0.25) is 14.4 Å². The number of ether oxygens (including phenoxy) is 2. The molecule has 0 saturated carbocycles. The molecule has 2 amide bonds. The van der Waals surface area contributed by atoms with Crippen LogP contribution in [0.1, 0.15) is 49.5 Å². The predicted molar refractivity (Wildman–Crippen MR) is 124 cm³/mol. The summed E-state index contributed by atoms with van der Waals surface area (Å²) in [4.78, 5) is 49.8. The molecule has 0 saturated heterocycles. The van der Waals surface area contributed by atoms with Gasteiger partial charge in [-0.15, -0.1) is 0 Å². The largest absolute Gasteiger partial charge is 0.469 e. The van der Waals surface area contributed by atoms with E-state index in [2.05, 4.69) is 15.4 Å². The minimum Gasteiger partial charge on any atom is -0.469 e. The molecule has 2 aromatic rings. The lowest BCUT2D eigenvalue weighted by atomic mass is 10.0. The molecule has 2 rings (SSSR count). The number of carbonyl (C=O) groups is 4. The van der Waals surface area contributed by atoms with E-state index in [1.54, 1.807) is 20.8 Å². The van der Waals surface area contributed by atoms with Crippen LogP contribution in [-0.2, 0) is 19.1 Å². The number of ketones is 1. The quantitative estimate of drug-likeness (QED) is 0.415. The normalized spacial score (nSPS) is 11.8. The van der Waals surface area contributed by atoms with E-state index in [1.165, 1.54) is 43.5 Å². The van der Waals surface area contributed by atoms with Crippen molar-refractivity contribution in [1.29, 1.82) is 0 Å². The van der Waals surface area contributed by atoms with E-state index in [4.69, 9.17) is 16.3 Å². The van der Waals surface area contributed by atoms with Crippen molar-refractivity contribution >= 4 is 41.0 Å². The number of anilines is 1. The van der Waals surface area contributed by atoms with E-state index in [-0.39, 0.29) is 34.7 Å². The Labute approximate surface area is 201 Å². The number of nitrogens with one attached hydrogen (secondary N) is 2. The highest BCUT2D eigenvalue weighted by Crippen LogP contribution is 2.25. The summed E-state index contributed by atoms with van der Waals surface area (Å²) in [7, 11) is 1.20. The lowest BCUT2D eigenvalue weighted by Gasteiger charge is -2.23. The van der Waals surface area contributed by atoms with Crippen LogP contribution in [0, 0.1) is 5.82 Å². The van der Waals surface area contributed by atoms with Gasteiger partial charge in [0.05, 0.1) is 18.4 Å². The van der Waals surface area contributed by atoms with Crippen LogP contribution in [0.15, 0.2) is 42.5 Å². The summed E-state index contributed by atoms with van der Waals surface area (Å²) >= 11 is 6.03. The lowest BCUT2D eigenvalue weighted by Crippen LogP contribution is -2.46. The summed E-state index contributed by atoms with van der Waals surface area (Å²) in [6.07, 6.45) is -1.12. The molecule has 0 heterocycles. The average molecular weight is 493 g/mol. The molecule has 1 atom stereocenters. The van der Waals surface area contributed by atoms with Crippen molar-refractivity contribution in [1.82, 2.24) is 5.32 Å². The maximum Gasteiger partial charge on any atom is 0.408 e. The zero-order chi connectivity index (χ0) is 25.5. The zero-order valence-electron chi connectivity index (χ0n) is 19.2. The second-order valence-corrected chi connectivity index (χ2v) is 8.74. The highest BCUT2D eigenvalue weighted by Gasteiger charge is 2.27. The molecular weight excluding hydrogens is 467 g/mol. The van der Waals surface area contributed by atoms with Crippen LogP contribution in [0.5, 0.6) is 0 Å². The molecule has 0 fully saturated rings. The van der Waals surface area contributed by atoms with Crippen molar-refractivity contribution in [2.75, 3.05) is 12.4 Å². The predicted octanol–water partition coefficient (Wildman–Crippen LogP) is 4.50. The number of alkyl carbamates (subject to hydrolysis) is 1. The number of amides is 2. The van der Waals surface area contributed by atoms with Gasteiger partial charge in [-0.2, -0.15) is 0 Å². The summed E-state index contributed by atoms with van der Waals surface area (Å²) in [6, 6.07) is 8.35. The maximum absolute atomic E-state index is 14.2. The van der Waals surface area contributed by atoms with E-state index in [0.717, 1.165) is 6.07 Å². The molecule has 0 aliphatic heterocycles. The SMILES string of the molecule is COC(=O)CCC(NC(=O)OC(C)(C)C)C(=O)Nc1ccc(Cl)cc1C(=O)c1ccccc1F. The maximum atomic E-state index is 14.2. The first-order chi connectivity index (χ1) is 15.9. The smallest absolute Gasteiger partial charge is 0.408 e. The number of rotatable bonds is 8. The Morgan fingerprint density at radius 1 is 1.06 bits per heavy atom. The Hall–Kier alpha value is -3.46. The molecule has 0 aliphatic carbocycles. The molecular formula is C24H26ClFN2O6. The Bertz CT molecular complexity index is 1080. The van der Waals surface area contributed by atoms with Gasteiger partial charge >= 0.3 is 12.1 Å². The minimum atomic E-state index is -1.19. The first-order valence-corrected chi connectivity index (χ1v) is 10.7. The summed E-state index contributed by atoms with van der Waals surface area (Å²) in [5, 5.41) is 5.18. The number of methoxy groups -OCH3 is 1. The molecule has 182 valence electrons. The third-order valence-corrected chi connectivity index (χ3v) is 4.71. The first-order valence-electron chi connectivity index (χ1n) is 10.4. The molecule has 8 nitrogen and oxygen atoms in total. The number of halogens is 2. The monoisotopic (exact) mass is 492 g/mol. The molecule has 2 aromatic carbocycles. The van der Waals surface area contributed by atoms with Gasteiger partial charge in [0.15, 0.2) is 5.78 Å². The van der Waals surface area contributed by atoms with Gasteiger partial charge in [-0.05, 0) is 57.5 Å². The molecule has 1 unspecified atom stereocenters. The van der Waals surface area contributed by atoms with Gasteiger partial charge in [0, 0.05) is 17.0 Å². The number of benzene rings is 2. The second kappa shape index (κ2) is 11.6. The fourth-order valence-electron chi connectivity index (χ4n) is 2.91. The van der Waals surface area contributed by atoms with Gasteiger partial charge in [0.1, 0.15) is 17.5 Å². The standard InChI is InChI=1S/C24H26ClFN2O6/c1-24(2,3)34-23(32)28-19(11-12-20(29)33-4)22(31)27-18-10-9-14(25)13-16(18)21(30)15-7-5-6-8-17(15)26/h5-10,13,19H,11-12H2,1-4H3,(H,27,31)(H,28,32). The lowest BCUT2D eigenvalue weighted by molar-refractivity contribution is -0.140. The number of hydrogen-bond donors (Lipinski definition) is 2. The van der Waals surface area contributed by atoms with Crippen molar-refractivity contribution in [3.05, 3.63) is 64.4 Å². The molecule has 2 N–H and O–H groups in total. The van der Waals surface area contributed by atoms with E-state index < -0.39 is 41.2 Å². The van der Waals surface area contributed by atoms with E-state index in [1.807, 2.05) is 0 Å². The third-order valence-electron chi connectivity index (χ3n) is 4.47. The Morgan fingerprint density at radius 3 is 2.35 bits per heavy atom. The zero-order valence-corrected chi connectivity index (χ0v) is 20.0. The van der Waals surface area contributed by atoms with E-state index in [0.29, 0.717) is 0 Å². The van der Waals surface area contributed by atoms with Crippen molar-refractivity contribution < 1.29 is 33.0 Å². The summed E-state index contributed by atoms with van der Waals surface area (Å²) in [5.41, 5.74) is -1.01. The number of esters is 1. The third kappa shape index (κ3) is 7.84. The summed E-state index contributed by atoms with van der Waals surface area (Å²) in [6.45, 7) is 4.97. The van der Waals surface area contributed by atoms with Crippen LogP contribution in [0.2, 0.25) is 5.02 Å². The second-order valence-electron chi connectivity index (χ2n) is 8.30. The first kappa shape index (κ1) is 26.8. The fraction of sp³-hybridized carbons (Fsp3) is 0.333. The average Bonchev–Trinajstić information content (AvgIpc) is 2.76. The van der Waals surface area contributed by atoms with Crippen LogP contribution >= 0.6 is 11.6 Å². The van der Waals surface area contributed by atoms with Gasteiger partial charge < -0.3 is 20.1 Å². The summed E-state index contributed by atoms with van der Waals surface area (Å²) < 4.78 is 24.0. The molecule has 0 bridgehead atoms. The fourth-order valence-corrected chi connectivity index (χ4v) is 3.08. The van der Waals surface area contributed by atoms with Crippen molar-refractivity contribution in [2.24, 2.45) is 0 Å². The van der Waals surface area contributed by atoms with Crippen LogP contribution in [0.4, 0.5) is 14.9 Å². The van der Waals surface area contributed by atoms with Crippen LogP contribution < -0.4 is 10.6 Å².